The van der Waals surface area contributed by atoms with E-state index in [2.05, 4.69) is 28.8 Å². The third-order valence-electron chi connectivity index (χ3n) is 4.05. The summed E-state index contributed by atoms with van der Waals surface area (Å²) in [5.74, 6) is 0.926. The number of ether oxygens (including phenoxy) is 1. The van der Waals surface area contributed by atoms with Gasteiger partial charge in [0.1, 0.15) is 11.3 Å². The minimum atomic E-state index is 0.827. The van der Waals surface area contributed by atoms with Crippen LogP contribution in [0.4, 0.5) is 5.69 Å². The highest BCUT2D eigenvalue weighted by Crippen LogP contribution is 2.23. The Balaban J connectivity index is 1.59. The van der Waals surface area contributed by atoms with Crippen molar-refractivity contribution < 1.29 is 9.15 Å². The average Bonchev–Trinajstić information content (AvgIpc) is 3.08. The summed E-state index contributed by atoms with van der Waals surface area (Å²) >= 11 is 0. The molecule has 0 unspecified atom stereocenters. The van der Waals surface area contributed by atoms with Crippen LogP contribution >= 0.6 is 0 Å². The molecule has 0 radical (unpaired) electrons. The number of methoxy groups -OCH3 is 1. The molecule has 0 aliphatic carbocycles. The van der Waals surface area contributed by atoms with Gasteiger partial charge < -0.3 is 19.8 Å². The van der Waals surface area contributed by atoms with Crippen LogP contribution in [-0.4, -0.2) is 20.7 Å². The minimum absolute atomic E-state index is 0.827. The Kier molecular flexibility index (Phi) is 4.83. The maximum absolute atomic E-state index is 5.47. The van der Waals surface area contributed by atoms with Gasteiger partial charge >= 0.3 is 0 Å². The second-order valence-electron chi connectivity index (χ2n) is 5.45. The molecular formula is C19H22N2O2. The van der Waals surface area contributed by atoms with Crippen LogP contribution in [0.5, 0.6) is 5.75 Å². The second-order valence-corrected chi connectivity index (χ2v) is 5.45. The number of rotatable bonds is 7. The first-order valence-corrected chi connectivity index (χ1v) is 7.82. The Bertz CT molecular complexity index is 780. The molecule has 2 aromatic carbocycles. The first kappa shape index (κ1) is 15.4. The molecule has 0 aliphatic rings. The zero-order chi connectivity index (χ0) is 16.1. The Labute approximate surface area is 136 Å². The summed E-state index contributed by atoms with van der Waals surface area (Å²) in [4.78, 5) is 0. The Morgan fingerprint density at radius 2 is 2.00 bits per heavy atom. The highest BCUT2D eigenvalue weighted by atomic mass is 16.5. The normalized spacial score (nSPS) is 10.9. The first-order chi connectivity index (χ1) is 11.3. The molecule has 0 aliphatic heterocycles. The lowest BCUT2D eigenvalue weighted by molar-refractivity contribution is 0.409. The van der Waals surface area contributed by atoms with Crippen molar-refractivity contribution in [2.75, 3.05) is 26.0 Å². The van der Waals surface area contributed by atoms with Gasteiger partial charge in [-0.1, -0.05) is 18.2 Å². The Hall–Kier alpha value is -2.46. The van der Waals surface area contributed by atoms with Crippen LogP contribution in [-0.2, 0) is 13.0 Å². The van der Waals surface area contributed by atoms with Gasteiger partial charge in [0, 0.05) is 30.7 Å². The van der Waals surface area contributed by atoms with E-state index in [9.17, 15) is 0 Å². The van der Waals surface area contributed by atoms with Gasteiger partial charge in [0.15, 0.2) is 0 Å². The van der Waals surface area contributed by atoms with Gasteiger partial charge in [-0.3, -0.25) is 0 Å². The summed E-state index contributed by atoms with van der Waals surface area (Å²) in [6, 6.07) is 14.4. The zero-order valence-corrected chi connectivity index (χ0v) is 13.6. The van der Waals surface area contributed by atoms with Crippen LogP contribution < -0.4 is 15.4 Å². The van der Waals surface area contributed by atoms with E-state index in [0.29, 0.717) is 0 Å². The highest BCUT2D eigenvalue weighted by molar-refractivity contribution is 5.80. The van der Waals surface area contributed by atoms with Crippen LogP contribution in [0.3, 0.4) is 0 Å². The molecule has 4 heteroatoms. The first-order valence-electron chi connectivity index (χ1n) is 7.82. The lowest BCUT2D eigenvalue weighted by atomic mass is 10.1. The molecule has 0 amide bonds. The molecule has 0 spiro atoms. The summed E-state index contributed by atoms with van der Waals surface area (Å²) in [5, 5.41) is 7.80. The lowest BCUT2D eigenvalue weighted by Crippen LogP contribution is -2.17. The van der Waals surface area contributed by atoms with Crippen molar-refractivity contribution in [1.29, 1.82) is 0 Å². The molecule has 0 atom stereocenters. The number of fused-ring (bicyclic) bond motifs is 1. The molecule has 4 nitrogen and oxygen atoms in total. The number of hydrogen-bond donors (Lipinski definition) is 2. The van der Waals surface area contributed by atoms with Crippen LogP contribution in [0.15, 0.2) is 53.1 Å². The van der Waals surface area contributed by atoms with Crippen molar-refractivity contribution in [3.05, 3.63) is 59.9 Å². The average molecular weight is 310 g/mol. The van der Waals surface area contributed by atoms with Crippen molar-refractivity contribution in [3.63, 3.8) is 0 Å². The monoisotopic (exact) mass is 310 g/mol. The van der Waals surface area contributed by atoms with Gasteiger partial charge in [-0.05, 0) is 42.3 Å². The number of furan rings is 1. The van der Waals surface area contributed by atoms with E-state index in [1.165, 1.54) is 16.5 Å². The maximum atomic E-state index is 5.47. The van der Waals surface area contributed by atoms with Crippen LogP contribution in [0.25, 0.3) is 11.0 Å². The minimum Gasteiger partial charge on any atom is -0.496 e. The molecule has 23 heavy (non-hydrogen) atoms. The van der Waals surface area contributed by atoms with Crippen molar-refractivity contribution in [2.24, 2.45) is 0 Å². The summed E-state index contributed by atoms with van der Waals surface area (Å²) in [7, 11) is 3.62. The summed E-state index contributed by atoms with van der Waals surface area (Å²) in [6.07, 6.45) is 2.66. The topological polar surface area (TPSA) is 46.4 Å². The fourth-order valence-electron chi connectivity index (χ4n) is 2.76. The molecule has 1 heterocycles. The molecule has 0 saturated heterocycles. The largest absolute Gasteiger partial charge is 0.496 e. The van der Waals surface area contributed by atoms with E-state index in [1.54, 1.807) is 13.4 Å². The molecule has 0 bridgehead atoms. The SMILES string of the molecule is CNc1ccc(CCNCc2cccc3occc23)c(OC)c1. The van der Waals surface area contributed by atoms with E-state index in [0.717, 1.165) is 36.5 Å². The Morgan fingerprint density at radius 1 is 1.09 bits per heavy atom. The quantitative estimate of drug-likeness (QED) is 0.651. The molecule has 3 rings (SSSR count). The van der Waals surface area contributed by atoms with Gasteiger partial charge in [-0.25, -0.2) is 0 Å². The highest BCUT2D eigenvalue weighted by Gasteiger charge is 2.05. The van der Waals surface area contributed by atoms with E-state index in [4.69, 9.17) is 9.15 Å². The lowest BCUT2D eigenvalue weighted by Gasteiger charge is -2.11. The van der Waals surface area contributed by atoms with E-state index >= 15 is 0 Å². The summed E-state index contributed by atoms with van der Waals surface area (Å²) < 4.78 is 10.9. The molecule has 0 saturated carbocycles. The third-order valence-corrected chi connectivity index (χ3v) is 4.05. The van der Waals surface area contributed by atoms with Gasteiger partial charge in [0.2, 0.25) is 0 Å². The van der Waals surface area contributed by atoms with Crippen LogP contribution in [0.1, 0.15) is 11.1 Å². The van der Waals surface area contributed by atoms with Crippen molar-refractivity contribution in [2.45, 2.75) is 13.0 Å². The molecular weight excluding hydrogens is 288 g/mol. The molecule has 1 aromatic heterocycles. The fourth-order valence-corrected chi connectivity index (χ4v) is 2.76. The number of hydrogen-bond acceptors (Lipinski definition) is 4. The zero-order valence-electron chi connectivity index (χ0n) is 13.6. The van der Waals surface area contributed by atoms with Crippen LogP contribution in [0, 0.1) is 0 Å². The van der Waals surface area contributed by atoms with Crippen molar-refractivity contribution >= 4 is 16.7 Å². The van der Waals surface area contributed by atoms with E-state index in [-0.39, 0.29) is 0 Å². The molecule has 120 valence electrons. The molecule has 0 fully saturated rings. The number of anilines is 1. The van der Waals surface area contributed by atoms with Crippen molar-refractivity contribution in [3.8, 4) is 5.75 Å². The molecule has 3 aromatic rings. The van der Waals surface area contributed by atoms with Gasteiger partial charge in [-0.2, -0.15) is 0 Å². The molecule has 2 N–H and O–H groups in total. The fraction of sp³-hybridized carbons (Fsp3) is 0.263. The smallest absolute Gasteiger partial charge is 0.134 e. The van der Waals surface area contributed by atoms with E-state index in [1.807, 2.05) is 31.3 Å². The number of benzene rings is 2. The predicted molar refractivity (Wildman–Crippen MR) is 94.2 cm³/mol. The standard InChI is InChI=1S/C19H22N2O2/c1-20-16-7-6-14(19(12-16)22-2)8-10-21-13-15-4-3-5-18-17(15)9-11-23-18/h3-7,9,11-12,20-21H,8,10,13H2,1-2H3. The van der Waals surface area contributed by atoms with Crippen LogP contribution in [0.2, 0.25) is 0 Å². The third kappa shape index (κ3) is 3.48. The Morgan fingerprint density at radius 3 is 2.83 bits per heavy atom. The second kappa shape index (κ2) is 7.20. The van der Waals surface area contributed by atoms with Gasteiger partial charge in [0.25, 0.3) is 0 Å². The van der Waals surface area contributed by atoms with Crippen molar-refractivity contribution in [1.82, 2.24) is 5.32 Å². The van der Waals surface area contributed by atoms with Gasteiger partial charge in [0.05, 0.1) is 13.4 Å². The predicted octanol–water partition coefficient (Wildman–Crippen LogP) is 3.82. The summed E-state index contributed by atoms with van der Waals surface area (Å²) in [6.45, 7) is 1.72. The summed E-state index contributed by atoms with van der Waals surface area (Å²) in [5.41, 5.74) is 4.47. The van der Waals surface area contributed by atoms with E-state index < -0.39 is 0 Å². The van der Waals surface area contributed by atoms with Gasteiger partial charge in [-0.15, -0.1) is 0 Å². The number of nitrogens with one attached hydrogen (secondary N) is 2. The maximum Gasteiger partial charge on any atom is 0.134 e.